The minimum atomic E-state index is -0.571. The molecule has 0 atom stereocenters. The number of hydrogen-bond donors (Lipinski definition) is 0. The van der Waals surface area contributed by atoms with Gasteiger partial charge in [-0.25, -0.2) is 0 Å². The Morgan fingerprint density at radius 1 is 1.40 bits per heavy atom. The zero-order chi connectivity index (χ0) is 11.3. The fourth-order valence-electron chi connectivity index (χ4n) is 1.21. The van der Waals surface area contributed by atoms with Crippen LogP contribution in [-0.4, -0.2) is 19.0 Å². The highest BCUT2D eigenvalue weighted by Crippen LogP contribution is 2.29. The molecule has 0 bridgehead atoms. The first-order valence-corrected chi connectivity index (χ1v) is 5.08. The lowest BCUT2D eigenvalue weighted by atomic mass is 10.2. The summed E-state index contributed by atoms with van der Waals surface area (Å²) in [7, 11) is 1.49. The Labute approximate surface area is 93.9 Å². The summed E-state index contributed by atoms with van der Waals surface area (Å²) in [6.07, 6.45) is 0.868. The first-order chi connectivity index (χ1) is 7.20. The molecule has 0 aliphatic carbocycles. The maximum absolute atomic E-state index is 11.2. The lowest BCUT2D eigenvalue weighted by molar-refractivity contribution is 0.107. The van der Waals surface area contributed by atoms with E-state index in [9.17, 15) is 4.79 Å². The Balaban J connectivity index is 3.07. The van der Waals surface area contributed by atoms with Gasteiger partial charge >= 0.3 is 0 Å². The number of carbonyl (C=O) groups is 1. The van der Waals surface area contributed by atoms with Crippen LogP contribution in [-0.2, 0) is 0 Å². The molecule has 4 heteroatoms. The highest BCUT2D eigenvalue weighted by atomic mass is 35.5. The standard InChI is InChI=1S/C11H13ClO3/c1-3-7-15-9-6-4-5-8(14-2)10(9)11(12)13/h4-6H,3,7H2,1-2H3. The third-order valence-electron chi connectivity index (χ3n) is 1.87. The van der Waals surface area contributed by atoms with Crippen molar-refractivity contribution in [1.82, 2.24) is 0 Å². The maximum Gasteiger partial charge on any atom is 0.259 e. The van der Waals surface area contributed by atoms with E-state index >= 15 is 0 Å². The van der Waals surface area contributed by atoms with Gasteiger partial charge in [0.25, 0.3) is 5.24 Å². The summed E-state index contributed by atoms with van der Waals surface area (Å²) in [6.45, 7) is 2.53. The van der Waals surface area contributed by atoms with Crippen LogP contribution in [0.5, 0.6) is 11.5 Å². The minimum absolute atomic E-state index is 0.287. The molecule has 0 N–H and O–H groups in total. The van der Waals surface area contributed by atoms with Gasteiger partial charge in [0.1, 0.15) is 17.1 Å². The molecule has 82 valence electrons. The van der Waals surface area contributed by atoms with Crippen LogP contribution in [0.2, 0.25) is 0 Å². The molecule has 1 rings (SSSR count). The molecule has 0 heterocycles. The van der Waals surface area contributed by atoms with E-state index in [1.54, 1.807) is 18.2 Å². The highest BCUT2D eigenvalue weighted by Gasteiger charge is 2.16. The predicted octanol–water partition coefficient (Wildman–Crippen LogP) is 2.86. The van der Waals surface area contributed by atoms with Gasteiger partial charge in [0.05, 0.1) is 13.7 Å². The van der Waals surface area contributed by atoms with E-state index in [1.165, 1.54) is 7.11 Å². The first-order valence-electron chi connectivity index (χ1n) is 4.70. The smallest absolute Gasteiger partial charge is 0.259 e. The third kappa shape index (κ3) is 2.86. The van der Waals surface area contributed by atoms with Crippen LogP contribution in [0, 0.1) is 0 Å². The number of carbonyl (C=O) groups excluding carboxylic acids is 1. The quantitative estimate of drug-likeness (QED) is 0.727. The lowest BCUT2D eigenvalue weighted by Crippen LogP contribution is -2.03. The molecule has 0 saturated heterocycles. The maximum atomic E-state index is 11.2. The van der Waals surface area contributed by atoms with Crippen molar-refractivity contribution >= 4 is 16.8 Å². The Hall–Kier alpha value is -1.22. The zero-order valence-corrected chi connectivity index (χ0v) is 9.50. The molecule has 1 aromatic carbocycles. The molecule has 0 aromatic heterocycles. The van der Waals surface area contributed by atoms with E-state index in [0.29, 0.717) is 18.1 Å². The van der Waals surface area contributed by atoms with Crippen LogP contribution in [0.1, 0.15) is 23.7 Å². The van der Waals surface area contributed by atoms with Crippen molar-refractivity contribution in [3.05, 3.63) is 23.8 Å². The molecule has 0 aliphatic heterocycles. The average molecular weight is 229 g/mol. The summed E-state index contributed by atoms with van der Waals surface area (Å²) in [6, 6.07) is 5.13. The molecule has 0 spiro atoms. The van der Waals surface area contributed by atoms with Gasteiger partial charge < -0.3 is 9.47 Å². The van der Waals surface area contributed by atoms with Gasteiger partial charge in [-0.2, -0.15) is 0 Å². The summed E-state index contributed by atoms with van der Waals surface area (Å²) >= 11 is 5.47. The summed E-state index contributed by atoms with van der Waals surface area (Å²) in [5.41, 5.74) is 0.287. The summed E-state index contributed by atoms with van der Waals surface area (Å²) in [5, 5.41) is -0.571. The summed E-state index contributed by atoms with van der Waals surface area (Å²) in [5.74, 6) is 0.903. The average Bonchev–Trinajstić information content (AvgIpc) is 2.25. The molecule has 0 aliphatic rings. The zero-order valence-electron chi connectivity index (χ0n) is 8.75. The largest absolute Gasteiger partial charge is 0.496 e. The van der Waals surface area contributed by atoms with Crippen molar-refractivity contribution in [2.75, 3.05) is 13.7 Å². The van der Waals surface area contributed by atoms with E-state index in [2.05, 4.69) is 0 Å². The summed E-state index contributed by atoms with van der Waals surface area (Å²) in [4.78, 5) is 11.2. The van der Waals surface area contributed by atoms with Gasteiger partial charge in [-0.3, -0.25) is 4.79 Å². The van der Waals surface area contributed by atoms with E-state index in [1.807, 2.05) is 6.92 Å². The van der Waals surface area contributed by atoms with Crippen LogP contribution >= 0.6 is 11.6 Å². The first kappa shape index (κ1) is 11.9. The van der Waals surface area contributed by atoms with Crippen molar-refractivity contribution in [2.45, 2.75) is 13.3 Å². The molecular formula is C11H13ClO3. The Bertz CT molecular complexity index is 350. The van der Waals surface area contributed by atoms with E-state index in [-0.39, 0.29) is 5.56 Å². The van der Waals surface area contributed by atoms with E-state index < -0.39 is 5.24 Å². The van der Waals surface area contributed by atoms with Crippen molar-refractivity contribution < 1.29 is 14.3 Å². The van der Waals surface area contributed by atoms with Crippen molar-refractivity contribution in [1.29, 1.82) is 0 Å². The Morgan fingerprint density at radius 2 is 2.07 bits per heavy atom. The fraction of sp³-hybridized carbons (Fsp3) is 0.364. The van der Waals surface area contributed by atoms with Crippen LogP contribution in [0.3, 0.4) is 0 Å². The molecule has 1 aromatic rings. The van der Waals surface area contributed by atoms with Crippen LogP contribution < -0.4 is 9.47 Å². The van der Waals surface area contributed by atoms with Crippen molar-refractivity contribution in [3.63, 3.8) is 0 Å². The predicted molar refractivity (Wildman–Crippen MR) is 59.0 cm³/mol. The Kier molecular flexibility index (Phi) is 4.43. The van der Waals surface area contributed by atoms with Gasteiger partial charge in [0.2, 0.25) is 0 Å². The fourth-order valence-corrected chi connectivity index (χ4v) is 1.39. The SMILES string of the molecule is CCCOc1cccc(OC)c1C(=O)Cl. The number of ether oxygens (including phenoxy) is 2. The number of hydrogen-bond acceptors (Lipinski definition) is 3. The molecule has 3 nitrogen and oxygen atoms in total. The van der Waals surface area contributed by atoms with Gasteiger partial charge in [0, 0.05) is 0 Å². The van der Waals surface area contributed by atoms with Crippen LogP contribution in [0.25, 0.3) is 0 Å². The molecule has 0 radical (unpaired) electrons. The molecule has 0 unspecified atom stereocenters. The third-order valence-corrected chi connectivity index (χ3v) is 2.06. The van der Waals surface area contributed by atoms with Crippen molar-refractivity contribution in [2.24, 2.45) is 0 Å². The second-order valence-electron chi connectivity index (χ2n) is 2.96. The normalized spacial score (nSPS) is 9.80. The number of benzene rings is 1. The Morgan fingerprint density at radius 3 is 2.60 bits per heavy atom. The minimum Gasteiger partial charge on any atom is -0.496 e. The molecule has 15 heavy (non-hydrogen) atoms. The van der Waals surface area contributed by atoms with E-state index in [4.69, 9.17) is 21.1 Å². The molecule has 0 fully saturated rings. The van der Waals surface area contributed by atoms with Gasteiger partial charge in [-0.05, 0) is 30.2 Å². The number of rotatable bonds is 5. The number of halogens is 1. The van der Waals surface area contributed by atoms with Gasteiger partial charge in [-0.1, -0.05) is 13.0 Å². The van der Waals surface area contributed by atoms with Crippen LogP contribution in [0.15, 0.2) is 18.2 Å². The van der Waals surface area contributed by atoms with Crippen molar-refractivity contribution in [3.8, 4) is 11.5 Å². The highest BCUT2D eigenvalue weighted by molar-refractivity contribution is 6.68. The topological polar surface area (TPSA) is 35.5 Å². The van der Waals surface area contributed by atoms with E-state index in [0.717, 1.165) is 6.42 Å². The van der Waals surface area contributed by atoms with Gasteiger partial charge in [0.15, 0.2) is 0 Å². The molecule has 0 saturated carbocycles. The molecular weight excluding hydrogens is 216 g/mol. The monoisotopic (exact) mass is 228 g/mol. The number of methoxy groups -OCH3 is 1. The second kappa shape index (κ2) is 5.61. The van der Waals surface area contributed by atoms with Gasteiger partial charge in [-0.15, -0.1) is 0 Å². The summed E-state index contributed by atoms with van der Waals surface area (Å²) < 4.78 is 10.4. The van der Waals surface area contributed by atoms with Crippen LogP contribution in [0.4, 0.5) is 0 Å². The lowest BCUT2D eigenvalue weighted by Gasteiger charge is -2.11. The molecule has 0 amide bonds. The second-order valence-corrected chi connectivity index (χ2v) is 3.30.